The van der Waals surface area contributed by atoms with Crippen LogP contribution in [0.25, 0.3) is 0 Å². The molecule has 0 amide bonds. The van der Waals surface area contributed by atoms with Crippen molar-refractivity contribution in [1.82, 2.24) is 5.32 Å². The van der Waals surface area contributed by atoms with Crippen molar-refractivity contribution in [2.24, 2.45) is 0 Å². The van der Waals surface area contributed by atoms with Crippen molar-refractivity contribution in [3.05, 3.63) is 70.0 Å². The number of ether oxygens (including phenoxy) is 1. The van der Waals surface area contributed by atoms with Gasteiger partial charge in [-0.1, -0.05) is 41.9 Å². The highest BCUT2D eigenvalue weighted by atomic mass is 35.5. The van der Waals surface area contributed by atoms with Gasteiger partial charge in [0, 0.05) is 18.7 Å². The summed E-state index contributed by atoms with van der Waals surface area (Å²) in [5, 5.41) is 13.7. The smallest absolute Gasteiger partial charge is 0.135 e. The molecule has 3 rings (SSSR count). The van der Waals surface area contributed by atoms with E-state index in [0.29, 0.717) is 35.8 Å². The van der Waals surface area contributed by atoms with E-state index in [1.807, 2.05) is 24.3 Å². The summed E-state index contributed by atoms with van der Waals surface area (Å²) in [5.41, 5.74) is 0.681. The molecule has 0 radical (unpaired) electrons. The van der Waals surface area contributed by atoms with Gasteiger partial charge in [0.25, 0.3) is 0 Å². The molecule has 2 atom stereocenters. The predicted molar refractivity (Wildman–Crippen MR) is 88.1 cm³/mol. The van der Waals surface area contributed by atoms with Gasteiger partial charge in [-0.25, -0.2) is 4.39 Å². The molecular formula is C18H19ClFNO2. The van der Waals surface area contributed by atoms with Crippen molar-refractivity contribution in [2.75, 3.05) is 19.7 Å². The van der Waals surface area contributed by atoms with Crippen molar-refractivity contribution < 1.29 is 14.2 Å². The molecule has 0 saturated carbocycles. The van der Waals surface area contributed by atoms with E-state index in [-0.39, 0.29) is 0 Å². The lowest BCUT2D eigenvalue weighted by atomic mass is 9.81. The zero-order valence-corrected chi connectivity index (χ0v) is 13.6. The Kier molecular flexibility index (Phi) is 4.69. The second kappa shape index (κ2) is 6.57. The number of rotatable bonds is 3. The lowest BCUT2D eigenvalue weighted by Gasteiger charge is -2.40. The molecule has 1 saturated heterocycles. The van der Waals surface area contributed by atoms with Crippen LogP contribution in [0.2, 0.25) is 5.02 Å². The predicted octanol–water partition coefficient (Wildman–Crippen LogP) is 3.40. The molecule has 3 nitrogen and oxygen atoms in total. The van der Waals surface area contributed by atoms with E-state index in [9.17, 15) is 9.50 Å². The van der Waals surface area contributed by atoms with Gasteiger partial charge in [-0.2, -0.15) is 0 Å². The number of benzene rings is 2. The largest absolute Gasteiger partial charge is 0.389 e. The van der Waals surface area contributed by atoms with Crippen molar-refractivity contribution in [3.8, 4) is 0 Å². The molecule has 23 heavy (non-hydrogen) atoms. The Morgan fingerprint density at radius 3 is 2.70 bits per heavy atom. The fraction of sp³-hybridized carbons (Fsp3) is 0.333. The first kappa shape index (κ1) is 16.4. The number of aliphatic hydroxyl groups excluding tert-OH is 1. The summed E-state index contributed by atoms with van der Waals surface area (Å²) in [6.07, 6.45) is -0.695. The standard InChI is InChI=1S/C18H19ClFNO2/c1-12(22)13-5-2-3-6-14(13)18(11-21-9-10-23-18)17-15(19)7-4-8-16(17)20/h2-8,12,21-22H,9-11H2,1H3. The van der Waals surface area contributed by atoms with E-state index in [4.69, 9.17) is 16.3 Å². The summed E-state index contributed by atoms with van der Waals surface area (Å²) in [7, 11) is 0. The molecule has 1 aliphatic rings. The van der Waals surface area contributed by atoms with Crippen LogP contribution in [-0.2, 0) is 10.3 Å². The third-order valence-corrected chi connectivity index (χ3v) is 4.53. The summed E-state index contributed by atoms with van der Waals surface area (Å²) in [6, 6.07) is 12.0. The van der Waals surface area contributed by atoms with Crippen LogP contribution in [0.1, 0.15) is 29.7 Å². The van der Waals surface area contributed by atoms with Gasteiger partial charge in [0.1, 0.15) is 11.4 Å². The van der Waals surface area contributed by atoms with E-state index in [1.165, 1.54) is 6.07 Å². The minimum Gasteiger partial charge on any atom is -0.389 e. The van der Waals surface area contributed by atoms with Gasteiger partial charge < -0.3 is 15.2 Å². The number of hydrogen-bond acceptors (Lipinski definition) is 3. The Labute approximate surface area is 140 Å². The summed E-state index contributed by atoms with van der Waals surface area (Å²) < 4.78 is 20.7. The van der Waals surface area contributed by atoms with Crippen LogP contribution in [0.5, 0.6) is 0 Å². The van der Waals surface area contributed by atoms with Crippen molar-refractivity contribution in [2.45, 2.75) is 18.6 Å². The maximum Gasteiger partial charge on any atom is 0.135 e. The van der Waals surface area contributed by atoms with Gasteiger partial charge in [0.15, 0.2) is 0 Å². The van der Waals surface area contributed by atoms with Crippen molar-refractivity contribution in [1.29, 1.82) is 0 Å². The number of hydrogen-bond donors (Lipinski definition) is 2. The summed E-state index contributed by atoms with van der Waals surface area (Å²) >= 11 is 6.32. The van der Waals surface area contributed by atoms with E-state index in [2.05, 4.69) is 5.32 Å². The molecule has 2 aromatic carbocycles. The minimum atomic E-state index is -1.06. The zero-order chi connectivity index (χ0) is 16.4. The molecule has 0 aromatic heterocycles. The zero-order valence-electron chi connectivity index (χ0n) is 12.9. The second-order valence-corrected chi connectivity index (χ2v) is 6.12. The minimum absolute atomic E-state index is 0.307. The van der Waals surface area contributed by atoms with Crippen molar-refractivity contribution >= 4 is 11.6 Å². The second-order valence-electron chi connectivity index (χ2n) is 5.71. The first-order valence-electron chi connectivity index (χ1n) is 7.63. The van der Waals surface area contributed by atoms with Gasteiger partial charge in [0.05, 0.1) is 17.7 Å². The maximum atomic E-state index is 14.6. The van der Waals surface area contributed by atoms with Gasteiger partial charge >= 0.3 is 0 Å². The Balaban J connectivity index is 2.27. The molecule has 1 aliphatic heterocycles. The summed E-state index contributed by atoms with van der Waals surface area (Å²) in [5.74, 6) is -0.415. The topological polar surface area (TPSA) is 41.5 Å². The monoisotopic (exact) mass is 335 g/mol. The normalized spacial score (nSPS) is 22.8. The fourth-order valence-corrected chi connectivity index (χ4v) is 3.51. The maximum absolute atomic E-state index is 14.6. The molecule has 5 heteroatoms. The summed E-state index contributed by atoms with van der Waals surface area (Å²) in [4.78, 5) is 0. The van der Waals surface area contributed by atoms with Crippen LogP contribution >= 0.6 is 11.6 Å². The molecule has 2 aromatic rings. The SMILES string of the molecule is CC(O)c1ccccc1C1(c2c(F)cccc2Cl)CNCCO1. The first-order chi connectivity index (χ1) is 11.1. The van der Waals surface area contributed by atoms with Crippen LogP contribution in [0.3, 0.4) is 0 Å². The molecule has 0 bridgehead atoms. The van der Waals surface area contributed by atoms with Crippen molar-refractivity contribution in [3.63, 3.8) is 0 Å². The average Bonchev–Trinajstić information content (AvgIpc) is 2.55. The van der Waals surface area contributed by atoms with E-state index in [1.54, 1.807) is 19.1 Å². The van der Waals surface area contributed by atoms with Crippen LogP contribution in [0.15, 0.2) is 42.5 Å². The van der Waals surface area contributed by atoms with Crippen LogP contribution in [0.4, 0.5) is 4.39 Å². The van der Waals surface area contributed by atoms with Crippen LogP contribution < -0.4 is 5.32 Å². The molecule has 1 fully saturated rings. The van der Waals surface area contributed by atoms with Gasteiger partial charge in [0.2, 0.25) is 0 Å². The molecular weight excluding hydrogens is 317 g/mol. The molecule has 0 spiro atoms. The lowest BCUT2D eigenvalue weighted by Crippen LogP contribution is -2.49. The first-order valence-corrected chi connectivity index (χ1v) is 8.00. The Morgan fingerprint density at radius 2 is 2.04 bits per heavy atom. The number of morpholine rings is 1. The van der Waals surface area contributed by atoms with Gasteiger partial charge in [-0.05, 0) is 30.2 Å². The number of halogens is 2. The molecule has 2 N–H and O–H groups in total. The van der Waals surface area contributed by atoms with Crippen LogP contribution in [0, 0.1) is 5.82 Å². The Bertz CT molecular complexity index is 679. The van der Waals surface area contributed by atoms with Gasteiger partial charge in [-0.3, -0.25) is 0 Å². The Morgan fingerprint density at radius 1 is 1.26 bits per heavy atom. The highest BCUT2D eigenvalue weighted by molar-refractivity contribution is 6.31. The molecule has 1 heterocycles. The lowest BCUT2D eigenvalue weighted by molar-refractivity contribution is -0.0440. The van der Waals surface area contributed by atoms with E-state index < -0.39 is 17.5 Å². The van der Waals surface area contributed by atoms with Gasteiger partial charge in [-0.15, -0.1) is 0 Å². The quantitative estimate of drug-likeness (QED) is 0.903. The Hall–Kier alpha value is -1.46. The molecule has 0 aliphatic carbocycles. The third-order valence-electron chi connectivity index (χ3n) is 4.21. The van der Waals surface area contributed by atoms with E-state index >= 15 is 0 Å². The third kappa shape index (κ3) is 2.88. The van der Waals surface area contributed by atoms with Crippen LogP contribution in [-0.4, -0.2) is 24.8 Å². The average molecular weight is 336 g/mol. The molecule has 122 valence electrons. The number of nitrogens with one attached hydrogen (secondary N) is 1. The molecule has 2 unspecified atom stereocenters. The highest BCUT2D eigenvalue weighted by Crippen LogP contribution is 2.42. The number of aliphatic hydroxyl groups is 1. The summed E-state index contributed by atoms with van der Waals surface area (Å²) in [6.45, 7) is 3.19. The highest BCUT2D eigenvalue weighted by Gasteiger charge is 2.42. The fourth-order valence-electron chi connectivity index (χ4n) is 3.19. The van der Waals surface area contributed by atoms with E-state index in [0.717, 1.165) is 5.56 Å².